The Balaban J connectivity index is 2.15. The molecule has 0 saturated carbocycles. The minimum Gasteiger partial charge on any atom is -0.337 e. The van der Waals surface area contributed by atoms with Crippen molar-refractivity contribution in [1.82, 2.24) is 9.88 Å². The van der Waals surface area contributed by atoms with E-state index in [2.05, 4.69) is 4.98 Å². The van der Waals surface area contributed by atoms with Crippen molar-refractivity contribution < 1.29 is 13.6 Å². The van der Waals surface area contributed by atoms with E-state index in [9.17, 15) is 13.6 Å². The van der Waals surface area contributed by atoms with Gasteiger partial charge in [-0.05, 0) is 13.0 Å². The molecule has 0 atom stereocenters. The van der Waals surface area contributed by atoms with Gasteiger partial charge >= 0.3 is 0 Å². The molecule has 1 amide bonds. The van der Waals surface area contributed by atoms with Crippen LogP contribution in [0.2, 0.25) is 0 Å². The molecule has 3 nitrogen and oxygen atoms in total. The number of thiazole rings is 1. The quantitative estimate of drug-likeness (QED) is 0.867. The Morgan fingerprint density at radius 1 is 1.42 bits per heavy atom. The minimum absolute atomic E-state index is 0.0856. The largest absolute Gasteiger partial charge is 0.337 e. The summed E-state index contributed by atoms with van der Waals surface area (Å²) in [4.78, 5) is 18.0. The molecule has 2 aromatic rings. The van der Waals surface area contributed by atoms with E-state index in [-0.39, 0.29) is 18.0 Å². The van der Waals surface area contributed by atoms with E-state index in [4.69, 9.17) is 0 Å². The Hall–Kier alpha value is -1.82. The van der Waals surface area contributed by atoms with E-state index in [0.29, 0.717) is 10.6 Å². The number of benzene rings is 1. The zero-order valence-corrected chi connectivity index (χ0v) is 11.3. The zero-order valence-electron chi connectivity index (χ0n) is 10.5. The molecule has 6 heteroatoms. The molecule has 0 saturated heterocycles. The summed E-state index contributed by atoms with van der Waals surface area (Å²) >= 11 is 1.25. The Morgan fingerprint density at radius 2 is 2.16 bits per heavy atom. The summed E-state index contributed by atoms with van der Waals surface area (Å²) in [6, 6.07) is 3.33. The van der Waals surface area contributed by atoms with Crippen LogP contribution in [0.1, 0.15) is 20.9 Å². The monoisotopic (exact) mass is 282 g/mol. The standard InChI is InChI=1S/C13H12F2N2OS/c1-8-12(19-7-16-8)13(18)17(2)6-9-3-4-10(14)5-11(9)15/h3-5,7H,6H2,1-2H3. The van der Waals surface area contributed by atoms with E-state index in [0.717, 1.165) is 6.07 Å². The van der Waals surface area contributed by atoms with E-state index in [1.54, 1.807) is 19.5 Å². The van der Waals surface area contributed by atoms with Gasteiger partial charge in [-0.3, -0.25) is 4.79 Å². The van der Waals surface area contributed by atoms with E-state index in [1.165, 1.54) is 28.4 Å². The van der Waals surface area contributed by atoms with Crippen molar-refractivity contribution in [3.63, 3.8) is 0 Å². The lowest BCUT2D eigenvalue weighted by Gasteiger charge is -2.17. The molecule has 0 fully saturated rings. The highest BCUT2D eigenvalue weighted by Gasteiger charge is 2.17. The molecular formula is C13H12F2N2OS. The van der Waals surface area contributed by atoms with Crippen LogP contribution in [0.3, 0.4) is 0 Å². The van der Waals surface area contributed by atoms with Gasteiger partial charge in [-0.1, -0.05) is 6.07 Å². The molecule has 0 spiro atoms. The summed E-state index contributed by atoms with van der Waals surface area (Å²) in [6.07, 6.45) is 0. The number of amides is 1. The molecule has 100 valence electrons. The molecule has 2 rings (SSSR count). The maximum absolute atomic E-state index is 13.5. The normalized spacial score (nSPS) is 10.5. The van der Waals surface area contributed by atoms with E-state index >= 15 is 0 Å². The molecular weight excluding hydrogens is 270 g/mol. The first-order valence-electron chi connectivity index (χ1n) is 5.58. The number of nitrogens with zero attached hydrogens (tertiary/aromatic N) is 2. The summed E-state index contributed by atoms with van der Waals surface area (Å²) < 4.78 is 26.3. The SMILES string of the molecule is Cc1ncsc1C(=O)N(C)Cc1ccc(F)cc1F. The molecule has 1 heterocycles. The second kappa shape index (κ2) is 5.44. The lowest BCUT2D eigenvalue weighted by molar-refractivity contribution is 0.0787. The van der Waals surface area contributed by atoms with Gasteiger partial charge in [0.25, 0.3) is 5.91 Å². The fourth-order valence-electron chi connectivity index (χ4n) is 1.66. The van der Waals surface area contributed by atoms with Crippen LogP contribution < -0.4 is 0 Å². The van der Waals surface area contributed by atoms with Crippen molar-refractivity contribution in [2.24, 2.45) is 0 Å². The zero-order chi connectivity index (χ0) is 14.0. The Kier molecular flexibility index (Phi) is 3.90. The van der Waals surface area contributed by atoms with Crippen molar-refractivity contribution in [3.8, 4) is 0 Å². The van der Waals surface area contributed by atoms with Crippen molar-refractivity contribution in [2.45, 2.75) is 13.5 Å². The first-order chi connectivity index (χ1) is 8.99. The lowest BCUT2D eigenvalue weighted by atomic mass is 10.2. The molecule has 1 aromatic carbocycles. The second-order valence-corrected chi connectivity index (χ2v) is 5.02. The average molecular weight is 282 g/mol. The van der Waals surface area contributed by atoms with Gasteiger partial charge in [-0.2, -0.15) is 0 Å². The van der Waals surface area contributed by atoms with Gasteiger partial charge in [0, 0.05) is 25.2 Å². The minimum atomic E-state index is -0.652. The lowest BCUT2D eigenvalue weighted by Crippen LogP contribution is -2.26. The fraction of sp³-hybridized carbons (Fsp3) is 0.231. The van der Waals surface area contributed by atoms with Crippen molar-refractivity contribution in [2.75, 3.05) is 7.05 Å². The summed E-state index contributed by atoms with van der Waals surface area (Å²) in [7, 11) is 1.57. The first kappa shape index (κ1) is 13.6. The smallest absolute Gasteiger partial charge is 0.265 e. The number of carbonyl (C=O) groups excluding carboxylic acids is 1. The Bertz CT molecular complexity index is 612. The maximum atomic E-state index is 13.5. The topological polar surface area (TPSA) is 33.2 Å². The maximum Gasteiger partial charge on any atom is 0.265 e. The third kappa shape index (κ3) is 2.96. The molecule has 0 aliphatic heterocycles. The number of rotatable bonds is 3. The number of carbonyl (C=O) groups is 1. The van der Waals surface area contributed by atoms with Crippen LogP contribution in [0.5, 0.6) is 0 Å². The van der Waals surface area contributed by atoms with Crippen LogP contribution in [0.4, 0.5) is 8.78 Å². The van der Waals surface area contributed by atoms with Gasteiger partial charge in [0.1, 0.15) is 16.5 Å². The van der Waals surface area contributed by atoms with Crippen LogP contribution in [0.25, 0.3) is 0 Å². The van der Waals surface area contributed by atoms with Gasteiger partial charge < -0.3 is 4.90 Å². The third-order valence-corrected chi connectivity index (χ3v) is 3.63. The van der Waals surface area contributed by atoms with Crippen LogP contribution in [0, 0.1) is 18.6 Å². The van der Waals surface area contributed by atoms with Gasteiger partial charge in [0.15, 0.2) is 0 Å². The van der Waals surface area contributed by atoms with Crippen LogP contribution >= 0.6 is 11.3 Å². The number of hydrogen-bond acceptors (Lipinski definition) is 3. The fourth-order valence-corrected chi connectivity index (χ4v) is 2.45. The third-order valence-electron chi connectivity index (χ3n) is 2.71. The molecule has 1 aromatic heterocycles. The van der Waals surface area contributed by atoms with Gasteiger partial charge in [-0.15, -0.1) is 11.3 Å². The predicted octanol–water partition coefficient (Wildman–Crippen LogP) is 3.00. The second-order valence-electron chi connectivity index (χ2n) is 4.16. The number of hydrogen-bond donors (Lipinski definition) is 0. The molecule has 0 aliphatic rings. The van der Waals surface area contributed by atoms with Gasteiger partial charge in [-0.25, -0.2) is 13.8 Å². The van der Waals surface area contributed by atoms with Gasteiger partial charge in [0.05, 0.1) is 11.2 Å². The summed E-state index contributed by atoms with van der Waals surface area (Å²) in [6.45, 7) is 1.83. The highest BCUT2D eigenvalue weighted by molar-refractivity contribution is 7.11. The molecule has 19 heavy (non-hydrogen) atoms. The summed E-state index contributed by atoms with van der Waals surface area (Å²) in [5.74, 6) is -1.50. The average Bonchev–Trinajstić information content (AvgIpc) is 2.78. The highest BCUT2D eigenvalue weighted by Crippen LogP contribution is 2.17. The molecule has 0 unspecified atom stereocenters. The molecule has 0 N–H and O–H groups in total. The van der Waals surface area contributed by atoms with Gasteiger partial charge in [0.2, 0.25) is 0 Å². The number of aromatic nitrogens is 1. The Labute approximate surface area is 113 Å². The van der Waals surface area contributed by atoms with E-state index < -0.39 is 11.6 Å². The van der Waals surface area contributed by atoms with E-state index in [1.807, 2.05) is 0 Å². The van der Waals surface area contributed by atoms with Crippen molar-refractivity contribution in [3.05, 3.63) is 51.5 Å². The molecule has 0 aliphatic carbocycles. The van der Waals surface area contributed by atoms with Crippen molar-refractivity contribution in [1.29, 1.82) is 0 Å². The van der Waals surface area contributed by atoms with Crippen LogP contribution in [0.15, 0.2) is 23.7 Å². The van der Waals surface area contributed by atoms with Crippen LogP contribution in [-0.2, 0) is 6.54 Å². The number of halogens is 2. The Morgan fingerprint density at radius 3 is 2.74 bits per heavy atom. The molecule has 0 radical (unpaired) electrons. The summed E-state index contributed by atoms with van der Waals surface area (Å²) in [5, 5.41) is 0. The van der Waals surface area contributed by atoms with Crippen LogP contribution in [-0.4, -0.2) is 22.8 Å². The summed E-state index contributed by atoms with van der Waals surface area (Å²) in [5.41, 5.74) is 2.52. The predicted molar refractivity (Wildman–Crippen MR) is 69.0 cm³/mol. The number of aryl methyl sites for hydroxylation is 1. The highest BCUT2D eigenvalue weighted by atomic mass is 32.1. The first-order valence-corrected chi connectivity index (χ1v) is 6.46. The molecule has 0 bridgehead atoms. The van der Waals surface area contributed by atoms with Crippen molar-refractivity contribution >= 4 is 17.2 Å².